The van der Waals surface area contributed by atoms with E-state index in [0.29, 0.717) is 23.5 Å². The molecule has 0 bridgehead atoms. The van der Waals surface area contributed by atoms with Crippen molar-refractivity contribution in [2.75, 3.05) is 13.2 Å². The summed E-state index contributed by atoms with van der Waals surface area (Å²) in [7, 11) is 0. The molecular formula is C34H36F6O2. The van der Waals surface area contributed by atoms with Crippen molar-refractivity contribution in [3.63, 3.8) is 0 Å². The first-order chi connectivity index (χ1) is 20.2. The van der Waals surface area contributed by atoms with Crippen molar-refractivity contribution in [2.24, 2.45) is 5.92 Å². The van der Waals surface area contributed by atoms with Gasteiger partial charge in [-0.15, -0.1) is 6.58 Å². The molecule has 1 aliphatic rings. The van der Waals surface area contributed by atoms with Gasteiger partial charge in [0.2, 0.25) is 11.6 Å². The first kappa shape index (κ1) is 31.5. The van der Waals surface area contributed by atoms with E-state index in [-0.39, 0.29) is 29.4 Å². The van der Waals surface area contributed by atoms with E-state index in [1.807, 2.05) is 13.0 Å². The molecule has 226 valence electrons. The summed E-state index contributed by atoms with van der Waals surface area (Å²) in [6, 6.07) is 10.7. The number of allylic oxidation sites excluding steroid dienone is 1. The van der Waals surface area contributed by atoms with Gasteiger partial charge in [-0.3, -0.25) is 0 Å². The number of hydrogen-bond acceptors (Lipinski definition) is 2. The lowest BCUT2D eigenvalue weighted by molar-refractivity contribution is 0.106. The molecule has 1 saturated carbocycles. The zero-order valence-corrected chi connectivity index (χ0v) is 23.7. The molecule has 0 heterocycles. The largest absolute Gasteiger partial charge is 0.490 e. The van der Waals surface area contributed by atoms with Gasteiger partial charge in [-0.25, -0.2) is 17.6 Å². The van der Waals surface area contributed by atoms with E-state index in [1.165, 1.54) is 36.4 Å². The molecule has 2 atom stereocenters. The molecule has 4 rings (SSSR count). The normalized spacial score (nSPS) is 18.4. The zero-order chi connectivity index (χ0) is 30.2. The third kappa shape index (κ3) is 7.31. The second kappa shape index (κ2) is 14.7. The molecule has 2 nitrogen and oxygen atoms in total. The molecule has 0 saturated heterocycles. The van der Waals surface area contributed by atoms with E-state index in [0.717, 1.165) is 44.6 Å². The maximum Gasteiger partial charge on any atom is 0.204 e. The highest BCUT2D eigenvalue weighted by Crippen LogP contribution is 2.39. The van der Waals surface area contributed by atoms with Crippen LogP contribution in [-0.2, 0) is 0 Å². The van der Waals surface area contributed by atoms with Gasteiger partial charge in [0.25, 0.3) is 0 Å². The minimum absolute atomic E-state index is 0.0217. The Morgan fingerprint density at radius 1 is 0.786 bits per heavy atom. The highest BCUT2D eigenvalue weighted by molar-refractivity contribution is 5.65. The lowest BCUT2D eigenvalue weighted by Gasteiger charge is -2.27. The Morgan fingerprint density at radius 3 is 2.05 bits per heavy atom. The fourth-order valence-electron chi connectivity index (χ4n) is 5.35. The average Bonchev–Trinajstić information content (AvgIpc) is 3.02. The van der Waals surface area contributed by atoms with Crippen molar-refractivity contribution in [3.8, 4) is 22.6 Å². The summed E-state index contributed by atoms with van der Waals surface area (Å²) in [6.07, 6.45) is 3.36. The number of benzene rings is 3. The molecule has 0 N–H and O–H groups in total. The van der Waals surface area contributed by atoms with Gasteiger partial charge in [0.05, 0.1) is 6.61 Å². The highest BCUT2D eigenvalue weighted by atomic mass is 19.2. The van der Waals surface area contributed by atoms with Crippen molar-refractivity contribution in [1.82, 2.24) is 0 Å². The number of rotatable bonds is 13. The van der Waals surface area contributed by atoms with E-state index in [4.69, 9.17) is 9.47 Å². The minimum atomic E-state index is -2.20. The summed E-state index contributed by atoms with van der Waals surface area (Å²) >= 11 is 0. The molecule has 1 aliphatic carbocycles. The molecule has 3 aromatic carbocycles. The Morgan fingerprint density at radius 2 is 1.43 bits per heavy atom. The average molecular weight is 591 g/mol. The molecule has 0 aliphatic heterocycles. The van der Waals surface area contributed by atoms with Crippen LogP contribution in [0.15, 0.2) is 61.2 Å². The number of unbranched alkanes of at least 4 members (excludes halogenated alkanes) is 2. The van der Waals surface area contributed by atoms with Crippen LogP contribution in [0.5, 0.6) is 11.5 Å². The van der Waals surface area contributed by atoms with Crippen LogP contribution in [0.1, 0.15) is 75.1 Å². The van der Waals surface area contributed by atoms with Gasteiger partial charge in [0.15, 0.2) is 35.5 Å². The fraction of sp³-hybridized carbons (Fsp3) is 0.412. The van der Waals surface area contributed by atoms with Crippen LogP contribution in [0, 0.1) is 29.2 Å². The maximum absolute atomic E-state index is 15.1. The van der Waals surface area contributed by atoms with Crippen LogP contribution in [-0.4, -0.2) is 19.4 Å². The minimum Gasteiger partial charge on any atom is -0.490 e. The van der Waals surface area contributed by atoms with Gasteiger partial charge in [0.1, 0.15) is 6.61 Å². The molecule has 0 spiro atoms. The van der Waals surface area contributed by atoms with Crippen LogP contribution in [0.4, 0.5) is 26.3 Å². The van der Waals surface area contributed by atoms with Crippen LogP contribution in [0.25, 0.3) is 11.1 Å². The van der Waals surface area contributed by atoms with Crippen LogP contribution < -0.4 is 9.47 Å². The molecule has 42 heavy (non-hydrogen) atoms. The van der Waals surface area contributed by atoms with E-state index in [9.17, 15) is 17.6 Å². The van der Waals surface area contributed by atoms with E-state index in [1.54, 1.807) is 6.07 Å². The number of alkyl halides is 2. The molecule has 0 aromatic heterocycles. The summed E-state index contributed by atoms with van der Waals surface area (Å²) < 4.78 is 98.6. The van der Waals surface area contributed by atoms with Gasteiger partial charge in [-0.2, -0.15) is 8.78 Å². The van der Waals surface area contributed by atoms with Crippen molar-refractivity contribution in [3.05, 3.63) is 95.6 Å². The van der Waals surface area contributed by atoms with Gasteiger partial charge >= 0.3 is 0 Å². The topological polar surface area (TPSA) is 18.5 Å². The second-order valence-electron chi connectivity index (χ2n) is 10.8. The third-order valence-electron chi connectivity index (χ3n) is 7.93. The molecule has 2 unspecified atom stereocenters. The van der Waals surface area contributed by atoms with Crippen LogP contribution >= 0.6 is 0 Å². The molecule has 3 aromatic rings. The van der Waals surface area contributed by atoms with Gasteiger partial charge in [-0.1, -0.05) is 62.2 Å². The van der Waals surface area contributed by atoms with E-state index in [2.05, 4.69) is 6.58 Å². The Labute approximate surface area is 243 Å². The Bertz CT molecular complexity index is 1330. The number of halogens is 6. The summed E-state index contributed by atoms with van der Waals surface area (Å²) in [5.41, 5.74) is 0.623. The summed E-state index contributed by atoms with van der Waals surface area (Å²) in [4.78, 5) is 0. The molecule has 0 amide bonds. The zero-order valence-electron chi connectivity index (χ0n) is 23.7. The molecule has 8 heteroatoms. The van der Waals surface area contributed by atoms with Gasteiger partial charge in [0, 0.05) is 5.56 Å². The van der Waals surface area contributed by atoms with Crippen molar-refractivity contribution in [2.45, 2.75) is 70.1 Å². The second-order valence-corrected chi connectivity index (χ2v) is 10.8. The van der Waals surface area contributed by atoms with Crippen LogP contribution in [0.3, 0.4) is 0 Å². The maximum atomic E-state index is 15.1. The van der Waals surface area contributed by atoms with Crippen LogP contribution in [0.2, 0.25) is 0 Å². The molecular weight excluding hydrogens is 554 g/mol. The van der Waals surface area contributed by atoms with E-state index >= 15 is 8.78 Å². The Hall–Kier alpha value is -3.42. The smallest absolute Gasteiger partial charge is 0.204 e. The van der Waals surface area contributed by atoms with Crippen molar-refractivity contribution in [1.29, 1.82) is 0 Å². The predicted octanol–water partition coefficient (Wildman–Crippen LogP) is 10.4. The SMILES string of the molecule is C=CC1CCC(c2ccc(-c3ccc(C(F)C(F)COc4ccc(OCCCCC)c(F)c4F)cc3)c(F)c2F)CC1. The third-order valence-corrected chi connectivity index (χ3v) is 7.93. The summed E-state index contributed by atoms with van der Waals surface area (Å²) in [5, 5.41) is 0. The first-order valence-corrected chi connectivity index (χ1v) is 14.5. The van der Waals surface area contributed by atoms with Crippen molar-refractivity contribution >= 4 is 0 Å². The van der Waals surface area contributed by atoms with Gasteiger partial charge in [-0.05, 0) is 72.8 Å². The van der Waals surface area contributed by atoms with Crippen molar-refractivity contribution < 1.29 is 35.8 Å². The fourth-order valence-corrected chi connectivity index (χ4v) is 5.35. The predicted molar refractivity (Wildman–Crippen MR) is 152 cm³/mol. The quantitative estimate of drug-likeness (QED) is 0.112. The molecule has 0 radical (unpaired) electrons. The number of ether oxygens (including phenoxy) is 2. The molecule has 1 fully saturated rings. The monoisotopic (exact) mass is 590 g/mol. The lowest BCUT2D eigenvalue weighted by atomic mass is 9.78. The highest BCUT2D eigenvalue weighted by Gasteiger charge is 2.27. The Kier molecular flexibility index (Phi) is 11.0. The van der Waals surface area contributed by atoms with E-state index < -0.39 is 48.0 Å². The summed E-state index contributed by atoms with van der Waals surface area (Å²) in [5.74, 6) is -4.98. The Balaban J connectivity index is 1.37. The standard InChI is InChI=1S/C34H36F6O2/c1-3-5-6-19-41-28-17-18-29(34(40)33(28)39)42-20-27(35)30(36)24-13-11-23(12-14-24)26-16-15-25(31(37)32(26)38)22-9-7-21(4-2)8-10-22/h4,11-18,21-22,27,30H,2-3,5-10,19-20H2,1H3. The van der Waals surface area contributed by atoms with Gasteiger partial charge < -0.3 is 9.47 Å². The summed E-state index contributed by atoms with van der Waals surface area (Å²) in [6.45, 7) is 5.17. The number of hydrogen-bond donors (Lipinski definition) is 0. The first-order valence-electron chi connectivity index (χ1n) is 14.5. The lowest BCUT2D eigenvalue weighted by Crippen LogP contribution is -2.19.